The number of nitrogens with two attached hydrogens (primary N) is 1. The second kappa shape index (κ2) is 8.01. The molecule has 0 aliphatic rings. The predicted octanol–water partition coefficient (Wildman–Crippen LogP) is 2.63. The zero-order valence-electron chi connectivity index (χ0n) is 13.7. The van der Waals surface area contributed by atoms with Gasteiger partial charge >= 0.3 is 11.8 Å². The molecule has 0 saturated heterocycles. The Morgan fingerprint density at radius 1 is 0.875 bits per heavy atom. The van der Waals surface area contributed by atoms with Crippen molar-refractivity contribution in [1.82, 2.24) is 0 Å². The molecule has 0 heterocycles. The molecule has 2 aromatic carbocycles. The average molecular weight is 328 g/mol. The second-order valence-corrected chi connectivity index (χ2v) is 4.81. The van der Waals surface area contributed by atoms with E-state index >= 15 is 0 Å². The standard InChI is InChI=1S/C18H20N2O4/c1-3-23-15-11-7-5-9-13(15)20(18(22)17(19)21)14-10-6-8-12-16(14)24-4-2/h5-12H,3-4H2,1-2H3,(H2,19,21). The summed E-state index contributed by atoms with van der Waals surface area (Å²) in [4.78, 5) is 25.3. The minimum Gasteiger partial charge on any atom is -0.492 e. The fraction of sp³-hybridized carbons (Fsp3) is 0.222. The molecule has 0 aliphatic carbocycles. The maximum absolute atomic E-state index is 12.5. The Morgan fingerprint density at radius 2 is 1.29 bits per heavy atom. The number of carbonyl (C=O) groups excluding carboxylic acids is 2. The lowest BCUT2D eigenvalue weighted by Crippen LogP contribution is -2.37. The monoisotopic (exact) mass is 328 g/mol. The van der Waals surface area contributed by atoms with Crippen LogP contribution in [0.5, 0.6) is 11.5 Å². The number of benzene rings is 2. The molecule has 0 spiro atoms. The lowest BCUT2D eigenvalue weighted by atomic mass is 10.2. The number of para-hydroxylation sites is 4. The third kappa shape index (κ3) is 3.65. The van der Waals surface area contributed by atoms with Gasteiger partial charge in [-0.15, -0.1) is 0 Å². The van der Waals surface area contributed by atoms with Gasteiger partial charge in [0.25, 0.3) is 0 Å². The van der Waals surface area contributed by atoms with E-state index in [2.05, 4.69) is 0 Å². The number of primary amides is 1. The van der Waals surface area contributed by atoms with E-state index in [1.165, 1.54) is 4.90 Å². The average Bonchev–Trinajstić information content (AvgIpc) is 2.58. The lowest BCUT2D eigenvalue weighted by molar-refractivity contribution is -0.135. The summed E-state index contributed by atoms with van der Waals surface area (Å²) < 4.78 is 11.2. The SMILES string of the molecule is CCOc1ccccc1N(C(=O)C(N)=O)c1ccccc1OCC. The van der Waals surface area contributed by atoms with Crippen LogP contribution in [0.15, 0.2) is 48.5 Å². The van der Waals surface area contributed by atoms with E-state index in [1.807, 2.05) is 13.8 Å². The van der Waals surface area contributed by atoms with Crippen molar-refractivity contribution in [2.24, 2.45) is 5.73 Å². The highest BCUT2D eigenvalue weighted by Crippen LogP contribution is 2.38. The number of amides is 2. The summed E-state index contributed by atoms with van der Waals surface area (Å²) in [6.45, 7) is 4.52. The molecule has 2 N–H and O–H groups in total. The van der Waals surface area contributed by atoms with Crippen LogP contribution in [0.25, 0.3) is 0 Å². The van der Waals surface area contributed by atoms with Gasteiger partial charge in [-0.1, -0.05) is 24.3 Å². The van der Waals surface area contributed by atoms with Gasteiger partial charge in [-0.2, -0.15) is 0 Å². The van der Waals surface area contributed by atoms with Gasteiger partial charge in [-0.05, 0) is 38.1 Å². The van der Waals surface area contributed by atoms with Crippen molar-refractivity contribution in [2.45, 2.75) is 13.8 Å². The maximum Gasteiger partial charge on any atom is 0.320 e. The molecule has 2 rings (SSSR count). The Bertz CT molecular complexity index is 681. The van der Waals surface area contributed by atoms with Crippen molar-refractivity contribution in [3.8, 4) is 11.5 Å². The number of anilines is 2. The van der Waals surface area contributed by atoms with E-state index in [0.717, 1.165) is 0 Å². The van der Waals surface area contributed by atoms with E-state index in [4.69, 9.17) is 15.2 Å². The lowest BCUT2D eigenvalue weighted by Gasteiger charge is -2.25. The van der Waals surface area contributed by atoms with Crippen LogP contribution in [0, 0.1) is 0 Å². The largest absolute Gasteiger partial charge is 0.492 e. The molecule has 24 heavy (non-hydrogen) atoms. The Balaban J connectivity index is 2.63. The molecule has 6 heteroatoms. The maximum atomic E-state index is 12.5. The number of carbonyl (C=O) groups is 2. The summed E-state index contributed by atoms with van der Waals surface area (Å²) in [7, 11) is 0. The van der Waals surface area contributed by atoms with Crippen molar-refractivity contribution in [3.63, 3.8) is 0 Å². The van der Waals surface area contributed by atoms with Gasteiger partial charge in [0.15, 0.2) is 0 Å². The molecular weight excluding hydrogens is 308 g/mol. The minimum atomic E-state index is -1.06. The molecule has 0 bridgehead atoms. The van der Waals surface area contributed by atoms with E-state index in [1.54, 1.807) is 48.5 Å². The molecule has 2 aromatic rings. The van der Waals surface area contributed by atoms with Gasteiger partial charge in [0, 0.05) is 0 Å². The smallest absolute Gasteiger partial charge is 0.320 e. The fourth-order valence-electron chi connectivity index (χ4n) is 2.30. The number of hydrogen-bond acceptors (Lipinski definition) is 4. The normalized spacial score (nSPS) is 10.1. The summed E-state index contributed by atoms with van der Waals surface area (Å²) >= 11 is 0. The van der Waals surface area contributed by atoms with E-state index < -0.39 is 11.8 Å². The Kier molecular flexibility index (Phi) is 5.78. The van der Waals surface area contributed by atoms with Crippen molar-refractivity contribution < 1.29 is 19.1 Å². The molecule has 0 radical (unpaired) electrons. The molecular formula is C18H20N2O4. The number of rotatable bonds is 6. The Morgan fingerprint density at radius 3 is 1.67 bits per heavy atom. The number of ether oxygens (including phenoxy) is 2. The van der Waals surface area contributed by atoms with Gasteiger partial charge in [0.2, 0.25) is 0 Å². The van der Waals surface area contributed by atoms with Crippen LogP contribution >= 0.6 is 0 Å². The summed E-state index contributed by atoms with van der Waals surface area (Å²) in [5, 5.41) is 0. The van der Waals surface area contributed by atoms with Crippen LogP contribution in [0.4, 0.5) is 11.4 Å². The molecule has 2 amide bonds. The molecule has 0 fully saturated rings. The van der Waals surface area contributed by atoms with Gasteiger partial charge in [-0.3, -0.25) is 14.5 Å². The summed E-state index contributed by atoms with van der Waals surface area (Å²) in [5.41, 5.74) is 6.10. The first-order valence-electron chi connectivity index (χ1n) is 7.67. The molecule has 0 aromatic heterocycles. The molecule has 0 aliphatic heterocycles. The highest BCUT2D eigenvalue weighted by Gasteiger charge is 2.27. The quantitative estimate of drug-likeness (QED) is 0.827. The summed E-state index contributed by atoms with van der Waals surface area (Å²) in [6, 6.07) is 13.9. The van der Waals surface area contributed by atoms with Crippen LogP contribution in [0.3, 0.4) is 0 Å². The third-order valence-corrected chi connectivity index (χ3v) is 3.23. The van der Waals surface area contributed by atoms with E-state index in [9.17, 15) is 9.59 Å². The van der Waals surface area contributed by atoms with Gasteiger partial charge < -0.3 is 15.2 Å². The fourth-order valence-corrected chi connectivity index (χ4v) is 2.30. The van der Waals surface area contributed by atoms with Crippen LogP contribution < -0.4 is 20.1 Å². The van der Waals surface area contributed by atoms with Crippen molar-refractivity contribution in [2.75, 3.05) is 18.1 Å². The van der Waals surface area contributed by atoms with Crippen molar-refractivity contribution in [1.29, 1.82) is 0 Å². The van der Waals surface area contributed by atoms with E-state index in [-0.39, 0.29) is 0 Å². The highest BCUT2D eigenvalue weighted by molar-refractivity contribution is 6.41. The zero-order chi connectivity index (χ0) is 17.5. The number of hydrogen-bond donors (Lipinski definition) is 1. The minimum absolute atomic E-state index is 0.419. The van der Waals surface area contributed by atoms with Crippen LogP contribution in [0.1, 0.15) is 13.8 Å². The predicted molar refractivity (Wildman–Crippen MR) is 91.6 cm³/mol. The van der Waals surface area contributed by atoms with E-state index in [0.29, 0.717) is 36.1 Å². The number of nitrogens with zero attached hydrogens (tertiary/aromatic N) is 1. The first-order valence-corrected chi connectivity index (χ1v) is 7.67. The molecule has 0 unspecified atom stereocenters. The molecule has 0 saturated carbocycles. The third-order valence-electron chi connectivity index (χ3n) is 3.23. The Hall–Kier alpha value is -3.02. The first kappa shape index (κ1) is 17.3. The molecule has 6 nitrogen and oxygen atoms in total. The van der Waals surface area contributed by atoms with Crippen LogP contribution in [-0.2, 0) is 9.59 Å². The Labute approximate surface area is 140 Å². The topological polar surface area (TPSA) is 81.9 Å². The second-order valence-electron chi connectivity index (χ2n) is 4.81. The van der Waals surface area contributed by atoms with Gasteiger partial charge in [0.05, 0.1) is 24.6 Å². The van der Waals surface area contributed by atoms with Gasteiger partial charge in [-0.25, -0.2) is 0 Å². The van der Waals surface area contributed by atoms with Crippen molar-refractivity contribution >= 4 is 23.2 Å². The summed E-state index contributed by atoms with van der Waals surface area (Å²) in [5.74, 6) is -0.983. The molecule has 0 atom stereocenters. The van der Waals surface area contributed by atoms with Crippen molar-refractivity contribution in [3.05, 3.63) is 48.5 Å². The molecule has 126 valence electrons. The highest BCUT2D eigenvalue weighted by atomic mass is 16.5. The van der Waals surface area contributed by atoms with Crippen LogP contribution in [0.2, 0.25) is 0 Å². The zero-order valence-corrected chi connectivity index (χ0v) is 13.7. The summed E-state index contributed by atoms with van der Waals surface area (Å²) in [6.07, 6.45) is 0. The van der Waals surface area contributed by atoms with Gasteiger partial charge in [0.1, 0.15) is 11.5 Å². The first-order chi connectivity index (χ1) is 11.6. The van der Waals surface area contributed by atoms with Crippen LogP contribution in [-0.4, -0.2) is 25.0 Å².